The normalized spacial score (nSPS) is 12.1. The summed E-state index contributed by atoms with van der Waals surface area (Å²) in [6.45, 7) is 1.89. The van der Waals surface area contributed by atoms with Gasteiger partial charge in [0.25, 0.3) is 0 Å². The van der Waals surface area contributed by atoms with E-state index in [0.717, 1.165) is 5.56 Å². The van der Waals surface area contributed by atoms with Gasteiger partial charge in [-0.3, -0.25) is 4.79 Å². The first-order chi connectivity index (χ1) is 9.47. The smallest absolute Gasteiger partial charge is 0.326 e. The van der Waals surface area contributed by atoms with Crippen molar-refractivity contribution in [3.05, 3.63) is 30.1 Å². The second-order valence-corrected chi connectivity index (χ2v) is 4.38. The Morgan fingerprint density at radius 2 is 2.05 bits per heavy atom. The lowest BCUT2D eigenvalue weighted by molar-refractivity contribution is -0.144. The number of carboxylic acids is 2. The number of anilines is 1. The van der Waals surface area contributed by atoms with E-state index in [9.17, 15) is 9.59 Å². The molecular weight excluding hydrogens is 262 g/mol. The van der Waals surface area contributed by atoms with E-state index in [1.807, 2.05) is 19.1 Å². The topological polar surface area (TPSA) is 112 Å². The number of hydrogen-bond donors (Lipinski definition) is 3. The maximum Gasteiger partial charge on any atom is 0.326 e. The first kappa shape index (κ1) is 13.7. The van der Waals surface area contributed by atoms with Gasteiger partial charge in [0.15, 0.2) is 0 Å². The van der Waals surface area contributed by atoms with Crippen molar-refractivity contribution in [2.24, 2.45) is 0 Å². The third-order valence-corrected chi connectivity index (χ3v) is 2.78. The Hall–Kier alpha value is -2.70. The number of aliphatic carboxylic acids is 2. The third-order valence-electron chi connectivity index (χ3n) is 2.78. The molecule has 0 bridgehead atoms. The monoisotopic (exact) mass is 275 g/mol. The van der Waals surface area contributed by atoms with Crippen LogP contribution in [0.3, 0.4) is 0 Å². The van der Waals surface area contributed by atoms with Gasteiger partial charge in [0, 0.05) is 5.39 Å². The van der Waals surface area contributed by atoms with E-state index in [-0.39, 0.29) is 0 Å². The van der Waals surface area contributed by atoms with E-state index in [1.165, 1.54) is 6.33 Å². The highest BCUT2D eigenvalue weighted by Gasteiger charge is 2.22. The molecule has 1 aromatic carbocycles. The summed E-state index contributed by atoms with van der Waals surface area (Å²) >= 11 is 0. The lowest BCUT2D eigenvalue weighted by atomic mass is 10.1. The summed E-state index contributed by atoms with van der Waals surface area (Å²) in [6, 6.07) is 4.25. The van der Waals surface area contributed by atoms with Crippen LogP contribution in [0, 0.1) is 6.92 Å². The van der Waals surface area contributed by atoms with Gasteiger partial charge in [0.1, 0.15) is 18.2 Å². The summed E-state index contributed by atoms with van der Waals surface area (Å²) in [5, 5.41) is 21.1. The largest absolute Gasteiger partial charge is 0.481 e. The zero-order valence-electron chi connectivity index (χ0n) is 10.7. The predicted octanol–water partition coefficient (Wildman–Crippen LogP) is 1.28. The molecule has 7 nitrogen and oxygen atoms in total. The lowest BCUT2D eigenvalue weighted by Gasteiger charge is -2.14. The first-order valence-corrected chi connectivity index (χ1v) is 5.90. The van der Waals surface area contributed by atoms with E-state index in [2.05, 4.69) is 15.3 Å². The van der Waals surface area contributed by atoms with Crippen molar-refractivity contribution in [1.29, 1.82) is 0 Å². The molecule has 0 saturated carbocycles. The van der Waals surface area contributed by atoms with Crippen molar-refractivity contribution >= 4 is 28.7 Å². The average molecular weight is 275 g/mol. The van der Waals surface area contributed by atoms with Crippen molar-refractivity contribution in [3.8, 4) is 0 Å². The van der Waals surface area contributed by atoms with Gasteiger partial charge < -0.3 is 15.5 Å². The molecule has 0 amide bonds. The van der Waals surface area contributed by atoms with Gasteiger partial charge in [-0.15, -0.1) is 0 Å². The fraction of sp³-hybridized carbons (Fsp3) is 0.231. The number of nitrogens with zero attached hydrogens (tertiary/aromatic N) is 2. The molecule has 2 aromatic rings. The van der Waals surface area contributed by atoms with Crippen LogP contribution >= 0.6 is 0 Å². The molecule has 0 saturated heterocycles. The molecule has 0 aliphatic carbocycles. The van der Waals surface area contributed by atoms with Crippen LogP contribution in [0.2, 0.25) is 0 Å². The molecule has 0 fully saturated rings. The average Bonchev–Trinajstić information content (AvgIpc) is 2.38. The van der Waals surface area contributed by atoms with Gasteiger partial charge in [-0.05, 0) is 19.1 Å². The molecule has 0 aliphatic heterocycles. The van der Waals surface area contributed by atoms with Gasteiger partial charge >= 0.3 is 11.9 Å². The predicted molar refractivity (Wildman–Crippen MR) is 71.6 cm³/mol. The number of benzene rings is 1. The number of hydrogen-bond acceptors (Lipinski definition) is 5. The first-order valence-electron chi connectivity index (χ1n) is 5.90. The van der Waals surface area contributed by atoms with E-state index in [1.54, 1.807) is 6.07 Å². The van der Waals surface area contributed by atoms with Gasteiger partial charge in [0.2, 0.25) is 0 Å². The second-order valence-electron chi connectivity index (χ2n) is 4.38. The van der Waals surface area contributed by atoms with Crippen molar-refractivity contribution < 1.29 is 19.8 Å². The molecule has 3 N–H and O–H groups in total. The third kappa shape index (κ3) is 3.00. The molecule has 0 aliphatic rings. The summed E-state index contributed by atoms with van der Waals surface area (Å²) in [5.74, 6) is -2.13. The van der Waals surface area contributed by atoms with Crippen LogP contribution in [-0.4, -0.2) is 38.2 Å². The summed E-state index contributed by atoms with van der Waals surface area (Å²) in [6.07, 6.45) is 0.770. The lowest BCUT2D eigenvalue weighted by Crippen LogP contribution is -2.32. The highest BCUT2D eigenvalue weighted by Crippen LogP contribution is 2.21. The number of rotatable bonds is 5. The zero-order valence-corrected chi connectivity index (χ0v) is 10.7. The number of carboxylic acid groups (broad SMARTS) is 2. The number of aryl methyl sites for hydroxylation is 1. The fourth-order valence-electron chi connectivity index (χ4n) is 1.83. The summed E-state index contributed by atoms with van der Waals surface area (Å²) in [7, 11) is 0. The molecule has 0 spiro atoms. The molecular formula is C13H13N3O4. The van der Waals surface area contributed by atoms with Gasteiger partial charge in [-0.2, -0.15) is 0 Å². The van der Waals surface area contributed by atoms with Crippen molar-refractivity contribution in [1.82, 2.24) is 9.97 Å². The molecule has 0 radical (unpaired) electrons. The van der Waals surface area contributed by atoms with Crippen LogP contribution < -0.4 is 5.32 Å². The van der Waals surface area contributed by atoms with Gasteiger partial charge in [-0.1, -0.05) is 11.6 Å². The Kier molecular flexibility index (Phi) is 3.79. The SMILES string of the molecule is Cc1ccc2ncnc(N[C@@H](CC(=O)O)C(=O)O)c2c1. The highest BCUT2D eigenvalue weighted by molar-refractivity contribution is 5.92. The minimum Gasteiger partial charge on any atom is -0.481 e. The van der Waals surface area contributed by atoms with Gasteiger partial charge in [0.05, 0.1) is 11.9 Å². The standard InChI is InChI=1S/C13H13N3O4/c1-7-2-3-9-8(4-7)12(15-6-14-9)16-10(13(19)20)5-11(17)18/h2-4,6,10H,5H2,1H3,(H,17,18)(H,19,20)(H,14,15,16)/t10-/m0/s1. The Morgan fingerprint density at radius 3 is 2.70 bits per heavy atom. The Bertz CT molecular complexity index is 672. The van der Waals surface area contributed by atoms with E-state index in [0.29, 0.717) is 16.7 Å². The summed E-state index contributed by atoms with van der Waals surface area (Å²) in [5.41, 5.74) is 1.63. The summed E-state index contributed by atoms with van der Waals surface area (Å²) in [4.78, 5) is 29.8. The van der Waals surface area contributed by atoms with Crippen molar-refractivity contribution in [2.45, 2.75) is 19.4 Å². The van der Waals surface area contributed by atoms with Crippen molar-refractivity contribution in [3.63, 3.8) is 0 Å². The van der Waals surface area contributed by atoms with Crippen LogP contribution in [0.5, 0.6) is 0 Å². The molecule has 1 atom stereocenters. The van der Waals surface area contributed by atoms with Crippen LogP contribution in [0.15, 0.2) is 24.5 Å². The number of nitrogens with one attached hydrogen (secondary N) is 1. The zero-order chi connectivity index (χ0) is 14.7. The minimum atomic E-state index is -1.24. The minimum absolute atomic E-state index is 0.312. The van der Waals surface area contributed by atoms with Crippen molar-refractivity contribution in [2.75, 3.05) is 5.32 Å². The van der Waals surface area contributed by atoms with E-state index < -0.39 is 24.4 Å². The van der Waals surface area contributed by atoms with Crippen LogP contribution in [0.25, 0.3) is 10.9 Å². The maximum atomic E-state index is 11.1. The van der Waals surface area contributed by atoms with E-state index in [4.69, 9.17) is 10.2 Å². The van der Waals surface area contributed by atoms with Gasteiger partial charge in [-0.25, -0.2) is 14.8 Å². The molecule has 7 heteroatoms. The number of fused-ring (bicyclic) bond motifs is 1. The Balaban J connectivity index is 2.39. The molecule has 20 heavy (non-hydrogen) atoms. The Morgan fingerprint density at radius 1 is 1.30 bits per heavy atom. The molecule has 1 aromatic heterocycles. The molecule has 0 unspecified atom stereocenters. The van der Waals surface area contributed by atoms with E-state index >= 15 is 0 Å². The fourth-order valence-corrected chi connectivity index (χ4v) is 1.83. The number of aromatic nitrogens is 2. The van der Waals surface area contributed by atoms with Crippen LogP contribution in [-0.2, 0) is 9.59 Å². The molecule has 1 heterocycles. The highest BCUT2D eigenvalue weighted by atomic mass is 16.4. The Labute approximate surface area is 114 Å². The molecule has 2 rings (SSSR count). The molecule has 104 valence electrons. The van der Waals surface area contributed by atoms with Crippen LogP contribution in [0.4, 0.5) is 5.82 Å². The summed E-state index contributed by atoms with van der Waals surface area (Å²) < 4.78 is 0. The second kappa shape index (κ2) is 5.52. The maximum absolute atomic E-state index is 11.1. The number of carbonyl (C=O) groups is 2. The quantitative estimate of drug-likeness (QED) is 0.753. The van der Waals surface area contributed by atoms with Crippen LogP contribution in [0.1, 0.15) is 12.0 Å².